The molecule has 19 heavy (non-hydrogen) atoms. The molecule has 0 aromatic carbocycles. The highest BCUT2D eigenvalue weighted by Gasteiger charge is 2.19. The Morgan fingerprint density at radius 2 is 2.53 bits per heavy atom. The molecule has 1 aliphatic heterocycles. The number of rotatable bonds is 3. The lowest BCUT2D eigenvalue weighted by atomic mass is 10.2. The van der Waals surface area contributed by atoms with Crippen LogP contribution < -0.4 is 10.6 Å². The van der Waals surface area contributed by atoms with Gasteiger partial charge in [-0.1, -0.05) is 0 Å². The maximum absolute atomic E-state index is 12.1. The number of carbonyl (C=O) groups is 1. The van der Waals surface area contributed by atoms with Crippen LogP contribution in [-0.2, 0) is 17.8 Å². The lowest BCUT2D eigenvalue weighted by Crippen LogP contribution is -2.24. The van der Waals surface area contributed by atoms with Crippen LogP contribution >= 0.6 is 11.3 Å². The third kappa shape index (κ3) is 2.49. The molecule has 2 aromatic heterocycles. The number of aromatic nitrogens is 4. The Labute approximate surface area is 114 Å². The minimum Gasteiger partial charge on any atom is -0.311 e. The largest absolute Gasteiger partial charge is 0.311 e. The molecule has 2 aromatic rings. The molecular weight excluding hydrogens is 264 g/mol. The van der Waals surface area contributed by atoms with Crippen molar-refractivity contribution in [3.63, 3.8) is 0 Å². The van der Waals surface area contributed by atoms with Crippen molar-refractivity contribution >= 4 is 22.4 Å². The fourth-order valence-corrected chi connectivity index (χ4v) is 2.91. The van der Waals surface area contributed by atoms with Gasteiger partial charge in [-0.3, -0.25) is 4.79 Å². The molecule has 3 heterocycles. The van der Waals surface area contributed by atoms with Crippen molar-refractivity contribution in [1.82, 2.24) is 25.1 Å². The first-order valence-electron chi connectivity index (χ1n) is 6.08. The second-order valence-corrected chi connectivity index (χ2v) is 5.44. The number of nitrogens with one attached hydrogen (secondary N) is 2. The van der Waals surface area contributed by atoms with Crippen molar-refractivity contribution in [2.75, 3.05) is 11.9 Å². The zero-order valence-electron chi connectivity index (χ0n) is 10.5. The predicted octanol–water partition coefficient (Wildman–Crippen LogP) is 0.580. The van der Waals surface area contributed by atoms with Crippen LogP contribution in [-0.4, -0.2) is 32.2 Å². The van der Waals surface area contributed by atoms with Gasteiger partial charge in [-0.05, 0) is 6.92 Å². The van der Waals surface area contributed by atoms with E-state index in [1.54, 1.807) is 6.92 Å². The standard InChI is InChI=1S/C11H14N6OS/c1-7(17-6-13-5-14-17)10(18)16-11-15-8-2-3-12-4-9(8)19-11/h5-7,12H,2-4H2,1H3,(H,15,16,18). The third-order valence-electron chi connectivity index (χ3n) is 3.05. The summed E-state index contributed by atoms with van der Waals surface area (Å²) >= 11 is 1.53. The van der Waals surface area contributed by atoms with Gasteiger partial charge in [0.2, 0.25) is 0 Å². The summed E-state index contributed by atoms with van der Waals surface area (Å²) in [4.78, 5) is 21.6. The van der Waals surface area contributed by atoms with Crippen LogP contribution in [0.25, 0.3) is 0 Å². The number of thiazole rings is 1. The van der Waals surface area contributed by atoms with E-state index < -0.39 is 6.04 Å². The van der Waals surface area contributed by atoms with Gasteiger partial charge in [0.05, 0.1) is 5.69 Å². The Balaban J connectivity index is 1.71. The van der Waals surface area contributed by atoms with E-state index in [0.717, 1.165) is 25.2 Å². The van der Waals surface area contributed by atoms with Crippen LogP contribution in [0, 0.1) is 0 Å². The van der Waals surface area contributed by atoms with Gasteiger partial charge in [0.25, 0.3) is 5.91 Å². The SMILES string of the molecule is CC(C(=O)Nc1nc2c(s1)CNCC2)n1cncn1. The monoisotopic (exact) mass is 278 g/mol. The minimum atomic E-state index is -0.401. The van der Waals surface area contributed by atoms with Gasteiger partial charge in [-0.15, -0.1) is 11.3 Å². The summed E-state index contributed by atoms with van der Waals surface area (Å²) in [5, 5.41) is 10.7. The second kappa shape index (κ2) is 5.06. The molecule has 0 saturated carbocycles. The predicted molar refractivity (Wildman–Crippen MR) is 70.9 cm³/mol. The highest BCUT2D eigenvalue weighted by molar-refractivity contribution is 7.15. The number of nitrogens with zero attached hydrogens (tertiary/aromatic N) is 4. The minimum absolute atomic E-state index is 0.135. The number of hydrogen-bond acceptors (Lipinski definition) is 6. The van der Waals surface area contributed by atoms with Crippen molar-refractivity contribution in [3.05, 3.63) is 23.2 Å². The Morgan fingerprint density at radius 1 is 1.63 bits per heavy atom. The molecule has 100 valence electrons. The number of anilines is 1. The molecule has 2 N–H and O–H groups in total. The van der Waals surface area contributed by atoms with E-state index in [9.17, 15) is 4.79 Å². The maximum atomic E-state index is 12.1. The fraction of sp³-hybridized carbons (Fsp3) is 0.455. The van der Waals surface area contributed by atoms with Crippen LogP contribution in [0.5, 0.6) is 0 Å². The van der Waals surface area contributed by atoms with Crippen LogP contribution in [0.15, 0.2) is 12.7 Å². The summed E-state index contributed by atoms with van der Waals surface area (Å²) in [7, 11) is 0. The average Bonchev–Trinajstić information content (AvgIpc) is 3.06. The molecule has 1 amide bonds. The lowest BCUT2D eigenvalue weighted by molar-refractivity contribution is -0.119. The number of amides is 1. The number of fused-ring (bicyclic) bond motifs is 1. The van der Waals surface area contributed by atoms with Crippen LogP contribution in [0.2, 0.25) is 0 Å². The van der Waals surface area contributed by atoms with Gasteiger partial charge < -0.3 is 10.6 Å². The van der Waals surface area contributed by atoms with Crippen molar-refractivity contribution < 1.29 is 4.79 Å². The molecule has 0 radical (unpaired) electrons. The highest BCUT2D eigenvalue weighted by Crippen LogP contribution is 2.25. The zero-order valence-corrected chi connectivity index (χ0v) is 11.3. The van der Waals surface area contributed by atoms with E-state index in [0.29, 0.717) is 5.13 Å². The molecule has 1 atom stereocenters. The van der Waals surface area contributed by atoms with Gasteiger partial charge in [0, 0.05) is 24.4 Å². The smallest absolute Gasteiger partial charge is 0.250 e. The van der Waals surface area contributed by atoms with Crippen LogP contribution in [0.1, 0.15) is 23.5 Å². The fourth-order valence-electron chi connectivity index (χ4n) is 1.93. The number of carbonyl (C=O) groups excluding carboxylic acids is 1. The second-order valence-electron chi connectivity index (χ2n) is 4.36. The van der Waals surface area contributed by atoms with Gasteiger partial charge in [0.1, 0.15) is 18.7 Å². The van der Waals surface area contributed by atoms with Gasteiger partial charge in [-0.2, -0.15) is 5.10 Å². The third-order valence-corrected chi connectivity index (χ3v) is 4.06. The topological polar surface area (TPSA) is 84.7 Å². The molecule has 8 heteroatoms. The van der Waals surface area contributed by atoms with E-state index in [2.05, 4.69) is 25.7 Å². The molecule has 1 aliphatic rings. The molecule has 0 fully saturated rings. The summed E-state index contributed by atoms with van der Waals surface area (Å²) in [6.45, 7) is 3.56. The Kier molecular flexibility index (Phi) is 3.26. The molecule has 0 spiro atoms. The summed E-state index contributed by atoms with van der Waals surface area (Å²) in [5.74, 6) is -0.135. The Bertz CT molecular complexity index is 555. The van der Waals surface area contributed by atoms with Gasteiger partial charge in [0.15, 0.2) is 5.13 Å². The first-order chi connectivity index (χ1) is 9.24. The van der Waals surface area contributed by atoms with Crippen molar-refractivity contribution in [2.45, 2.75) is 25.9 Å². The summed E-state index contributed by atoms with van der Waals surface area (Å²) in [5.41, 5.74) is 1.09. The molecule has 7 nitrogen and oxygen atoms in total. The Hall–Kier alpha value is -1.80. The molecule has 1 unspecified atom stereocenters. The average molecular weight is 278 g/mol. The van der Waals surface area contributed by atoms with E-state index in [-0.39, 0.29) is 5.91 Å². The highest BCUT2D eigenvalue weighted by atomic mass is 32.1. The normalized spacial score (nSPS) is 15.8. The van der Waals surface area contributed by atoms with Crippen molar-refractivity contribution in [1.29, 1.82) is 0 Å². The van der Waals surface area contributed by atoms with Gasteiger partial charge >= 0.3 is 0 Å². The first-order valence-corrected chi connectivity index (χ1v) is 6.90. The Morgan fingerprint density at radius 3 is 3.26 bits per heavy atom. The van der Waals surface area contributed by atoms with Crippen LogP contribution in [0.3, 0.4) is 0 Å². The summed E-state index contributed by atoms with van der Waals surface area (Å²) in [6, 6.07) is -0.401. The quantitative estimate of drug-likeness (QED) is 0.858. The maximum Gasteiger partial charge on any atom is 0.250 e. The molecule has 3 rings (SSSR count). The van der Waals surface area contributed by atoms with E-state index in [1.807, 2.05) is 0 Å². The van der Waals surface area contributed by atoms with Gasteiger partial charge in [-0.25, -0.2) is 14.6 Å². The van der Waals surface area contributed by atoms with E-state index in [4.69, 9.17) is 0 Å². The lowest BCUT2D eigenvalue weighted by Gasteiger charge is -2.09. The molecule has 0 saturated heterocycles. The molecular formula is C11H14N6OS. The van der Waals surface area contributed by atoms with Crippen molar-refractivity contribution in [2.24, 2.45) is 0 Å². The summed E-state index contributed by atoms with van der Waals surface area (Å²) < 4.78 is 1.52. The molecule has 0 aliphatic carbocycles. The molecule has 0 bridgehead atoms. The zero-order chi connectivity index (χ0) is 13.2. The number of hydrogen-bond donors (Lipinski definition) is 2. The van der Waals surface area contributed by atoms with E-state index >= 15 is 0 Å². The van der Waals surface area contributed by atoms with Crippen molar-refractivity contribution in [3.8, 4) is 0 Å². The summed E-state index contributed by atoms with van der Waals surface area (Å²) in [6.07, 6.45) is 3.86. The van der Waals surface area contributed by atoms with Crippen LogP contribution in [0.4, 0.5) is 5.13 Å². The first kappa shape index (κ1) is 12.2. The van der Waals surface area contributed by atoms with E-state index in [1.165, 1.54) is 33.6 Å².